The predicted octanol–water partition coefficient (Wildman–Crippen LogP) is 3.85. The Hall–Kier alpha value is -0.480. The van der Waals surface area contributed by atoms with Crippen molar-refractivity contribution in [2.75, 3.05) is 0 Å². The van der Waals surface area contributed by atoms with Gasteiger partial charge in [0.2, 0.25) is 0 Å². The molecule has 0 heterocycles. The van der Waals surface area contributed by atoms with Crippen LogP contribution in [0.5, 0.6) is 0 Å². The molecule has 0 saturated heterocycles. The Morgan fingerprint density at radius 2 is 1.75 bits per heavy atom. The first kappa shape index (κ1) is 12.0. The molecule has 0 aliphatic heterocycles. The van der Waals surface area contributed by atoms with E-state index >= 15 is 0 Å². The monoisotopic (exact) mass is 289 g/mol. The van der Waals surface area contributed by atoms with Crippen LogP contribution in [0.1, 0.15) is 37.7 Å². The van der Waals surface area contributed by atoms with E-state index in [1.54, 1.807) is 6.07 Å². The third-order valence-electron chi connectivity index (χ3n) is 3.32. The molecule has 1 aliphatic carbocycles. The lowest BCUT2D eigenvalue weighted by molar-refractivity contribution is 0.299. The smallest absolute Gasteiger partial charge is 0.173 e. The van der Waals surface area contributed by atoms with Gasteiger partial charge < -0.3 is 5.73 Å². The molecule has 16 heavy (non-hydrogen) atoms. The van der Waals surface area contributed by atoms with Crippen molar-refractivity contribution in [1.82, 2.24) is 0 Å². The van der Waals surface area contributed by atoms with E-state index in [0.717, 1.165) is 31.7 Å². The van der Waals surface area contributed by atoms with Gasteiger partial charge in [-0.15, -0.1) is 0 Å². The first-order chi connectivity index (χ1) is 7.54. The molecule has 0 spiro atoms. The summed E-state index contributed by atoms with van der Waals surface area (Å²) < 4.78 is 26.6. The zero-order valence-corrected chi connectivity index (χ0v) is 10.5. The quantitative estimate of drug-likeness (QED) is 0.781. The number of rotatable bonds is 1. The summed E-state index contributed by atoms with van der Waals surface area (Å²) in [5.41, 5.74) is 6.46. The van der Waals surface area contributed by atoms with Gasteiger partial charge in [-0.3, -0.25) is 0 Å². The molecule has 1 aliphatic rings. The van der Waals surface area contributed by atoms with Crippen LogP contribution in [0, 0.1) is 11.6 Å². The molecule has 0 bridgehead atoms. The molecule has 0 unspecified atom stereocenters. The van der Waals surface area contributed by atoms with Gasteiger partial charge in [0, 0.05) is 5.54 Å². The first-order valence-electron chi connectivity index (χ1n) is 5.47. The van der Waals surface area contributed by atoms with Gasteiger partial charge in [0.25, 0.3) is 0 Å². The molecule has 4 heteroatoms. The van der Waals surface area contributed by atoms with E-state index in [-0.39, 0.29) is 4.47 Å². The number of nitrogens with two attached hydrogens (primary N) is 1. The van der Waals surface area contributed by atoms with Gasteiger partial charge in [-0.1, -0.05) is 25.3 Å². The van der Waals surface area contributed by atoms with Gasteiger partial charge in [-0.25, -0.2) is 8.78 Å². The topological polar surface area (TPSA) is 26.0 Å². The highest BCUT2D eigenvalue weighted by Gasteiger charge is 2.32. The lowest BCUT2D eigenvalue weighted by Crippen LogP contribution is -2.39. The molecule has 1 saturated carbocycles. The lowest BCUT2D eigenvalue weighted by Gasteiger charge is -2.34. The standard InChI is InChI=1S/C12H14BrF2N/c13-10-8(4-5-9(14)11(10)15)12(16)6-2-1-3-7-12/h4-5H,1-3,6-7,16H2. The van der Waals surface area contributed by atoms with E-state index in [1.807, 2.05) is 0 Å². The Kier molecular flexibility index (Phi) is 3.31. The van der Waals surface area contributed by atoms with Crippen LogP contribution >= 0.6 is 15.9 Å². The number of hydrogen-bond donors (Lipinski definition) is 1. The SMILES string of the molecule is NC1(c2ccc(F)c(F)c2Br)CCCCC1. The molecule has 0 radical (unpaired) electrons. The molecular weight excluding hydrogens is 276 g/mol. The summed E-state index contributed by atoms with van der Waals surface area (Å²) in [7, 11) is 0. The van der Waals surface area contributed by atoms with Crippen LogP contribution in [-0.2, 0) is 5.54 Å². The van der Waals surface area contributed by atoms with E-state index in [0.29, 0.717) is 5.56 Å². The summed E-state index contributed by atoms with van der Waals surface area (Å²) in [4.78, 5) is 0. The fourth-order valence-corrected chi connectivity index (χ4v) is 3.08. The van der Waals surface area contributed by atoms with Crippen molar-refractivity contribution in [3.05, 3.63) is 33.8 Å². The second-order valence-corrected chi connectivity index (χ2v) is 5.23. The molecule has 2 N–H and O–H groups in total. The number of hydrogen-bond acceptors (Lipinski definition) is 1. The van der Waals surface area contributed by atoms with Gasteiger partial charge >= 0.3 is 0 Å². The molecule has 0 amide bonds. The van der Waals surface area contributed by atoms with Gasteiger partial charge in [0.05, 0.1) is 4.47 Å². The second-order valence-electron chi connectivity index (χ2n) is 4.44. The average Bonchev–Trinajstić information content (AvgIpc) is 2.27. The zero-order valence-electron chi connectivity index (χ0n) is 8.90. The normalized spacial score (nSPS) is 19.8. The van der Waals surface area contributed by atoms with Crippen molar-refractivity contribution in [2.24, 2.45) is 5.73 Å². The van der Waals surface area contributed by atoms with Gasteiger partial charge in [-0.05, 0) is 40.4 Å². The van der Waals surface area contributed by atoms with Crippen LogP contribution in [0.3, 0.4) is 0 Å². The summed E-state index contributed by atoms with van der Waals surface area (Å²) >= 11 is 3.11. The molecule has 1 aromatic carbocycles. The summed E-state index contributed by atoms with van der Waals surface area (Å²) in [6.45, 7) is 0. The van der Waals surface area contributed by atoms with Gasteiger partial charge in [0.1, 0.15) is 0 Å². The Morgan fingerprint density at radius 3 is 2.38 bits per heavy atom. The fourth-order valence-electron chi connectivity index (χ4n) is 2.36. The third kappa shape index (κ3) is 2.00. The van der Waals surface area contributed by atoms with E-state index in [4.69, 9.17) is 5.73 Å². The minimum atomic E-state index is -0.840. The van der Waals surface area contributed by atoms with E-state index in [1.165, 1.54) is 6.42 Å². The van der Waals surface area contributed by atoms with Crippen molar-refractivity contribution in [1.29, 1.82) is 0 Å². The largest absolute Gasteiger partial charge is 0.321 e. The Bertz CT molecular complexity index is 400. The molecule has 88 valence electrons. The maximum atomic E-state index is 13.4. The highest BCUT2D eigenvalue weighted by molar-refractivity contribution is 9.10. The summed E-state index contributed by atoms with van der Waals surface area (Å²) in [5, 5.41) is 0. The molecule has 0 atom stereocenters. The van der Waals surface area contributed by atoms with Crippen LogP contribution < -0.4 is 5.73 Å². The number of halogens is 3. The van der Waals surface area contributed by atoms with Crippen molar-refractivity contribution in [3.8, 4) is 0 Å². The fraction of sp³-hybridized carbons (Fsp3) is 0.500. The van der Waals surface area contributed by atoms with Gasteiger partial charge in [-0.2, -0.15) is 0 Å². The van der Waals surface area contributed by atoms with Crippen molar-refractivity contribution < 1.29 is 8.78 Å². The summed E-state index contributed by atoms with van der Waals surface area (Å²) in [6, 6.07) is 2.74. The maximum Gasteiger partial charge on any atom is 0.173 e. The third-order valence-corrected chi connectivity index (χ3v) is 4.09. The number of benzene rings is 1. The van der Waals surface area contributed by atoms with E-state index in [2.05, 4.69) is 15.9 Å². The minimum absolute atomic E-state index is 0.178. The highest BCUT2D eigenvalue weighted by atomic mass is 79.9. The molecule has 0 aromatic heterocycles. The Balaban J connectivity index is 2.43. The van der Waals surface area contributed by atoms with Crippen molar-refractivity contribution >= 4 is 15.9 Å². The van der Waals surface area contributed by atoms with E-state index < -0.39 is 17.2 Å². The maximum absolute atomic E-state index is 13.4. The minimum Gasteiger partial charge on any atom is -0.321 e. The molecule has 1 fully saturated rings. The summed E-state index contributed by atoms with van der Waals surface area (Å²) in [5.74, 6) is -1.68. The average molecular weight is 290 g/mol. The second kappa shape index (κ2) is 4.41. The van der Waals surface area contributed by atoms with Crippen molar-refractivity contribution in [2.45, 2.75) is 37.6 Å². The van der Waals surface area contributed by atoms with Crippen LogP contribution in [0.4, 0.5) is 8.78 Å². The molecule has 1 aromatic rings. The highest BCUT2D eigenvalue weighted by Crippen LogP contribution is 2.39. The predicted molar refractivity (Wildman–Crippen MR) is 63.0 cm³/mol. The van der Waals surface area contributed by atoms with Gasteiger partial charge in [0.15, 0.2) is 11.6 Å². The van der Waals surface area contributed by atoms with Crippen LogP contribution in [-0.4, -0.2) is 0 Å². The molecule has 1 nitrogen and oxygen atoms in total. The molecule has 2 rings (SSSR count). The van der Waals surface area contributed by atoms with E-state index in [9.17, 15) is 8.78 Å². The summed E-state index contributed by atoms with van der Waals surface area (Å²) in [6.07, 6.45) is 4.91. The Labute approximate surface area is 102 Å². The lowest BCUT2D eigenvalue weighted by atomic mass is 9.77. The Morgan fingerprint density at radius 1 is 1.12 bits per heavy atom. The zero-order chi connectivity index (χ0) is 11.8. The van der Waals surface area contributed by atoms with Crippen molar-refractivity contribution in [3.63, 3.8) is 0 Å². The molecular formula is C12H14BrF2N. The van der Waals surface area contributed by atoms with Crippen LogP contribution in [0.25, 0.3) is 0 Å². The van der Waals surface area contributed by atoms with Crippen LogP contribution in [0.15, 0.2) is 16.6 Å². The first-order valence-corrected chi connectivity index (χ1v) is 6.27. The van der Waals surface area contributed by atoms with Crippen LogP contribution in [0.2, 0.25) is 0 Å².